The first-order valence-corrected chi connectivity index (χ1v) is 5.61. The summed E-state index contributed by atoms with van der Waals surface area (Å²) in [4.78, 5) is 0. The van der Waals surface area contributed by atoms with Gasteiger partial charge in [0, 0.05) is 25.6 Å². The highest BCUT2D eigenvalue weighted by molar-refractivity contribution is 5.21. The fourth-order valence-corrected chi connectivity index (χ4v) is 1.59. The Balaban J connectivity index is 2.64. The lowest BCUT2D eigenvalue weighted by atomic mass is 9.99. The second-order valence-electron chi connectivity index (χ2n) is 4.27. The Morgan fingerprint density at radius 1 is 1.25 bits per heavy atom. The number of hydrogen-bond acceptors (Lipinski definition) is 2. The van der Waals surface area contributed by atoms with E-state index in [0.29, 0.717) is 12.6 Å². The van der Waals surface area contributed by atoms with Gasteiger partial charge in [-0.05, 0) is 17.7 Å². The van der Waals surface area contributed by atoms with Crippen LogP contribution in [0.3, 0.4) is 0 Å². The van der Waals surface area contributed by atoms with E-state index >= 15 is 0 Å². The molecule has 0 heterocycles. The van der Waals surface area contributed by atoms with E-state index in [1.807, 2.05) is 12.1 Å². The number of rotatable bonds is 6. The van der Waals surface area contributed by atoms with Crippen LogP contribution in [0.25, 0.3) is 0 Å². The lowest BCUT2D eigenvalue weighted by Gasteiger charge is -2.18. The monoisotopic (exact) mass is 225 g/mol. The van der Waals surface area contributed by atoms with E-state index in [-0.39, 0.29) is 11.7 Å². The number of hydrogen-bond donors (Lipinski definition) is 1. The number of nitrogens with one attached hydrogen (secondary N) is 1. The van der Waals surface area contributed by atoms with Crippen molar-refractivity contribution in [3.8, 4) is 0 Å². The van der Waals surface area contributed by atoms with Crippen LogP contribution in [-0.4, -0.2) is 26.3 Å². The number of benzene rings is 1. The van der Waals surface area contributed by atoms with Gasteiger partial charge in [-0.1, -0.05) is 26.0 Å². The van der Waals surface area contributed by atoms with Gasteiger partial charge in [-0.2, -0.15) is 0 Å². The Hall–Kier alpha value is -0.930. The Labute approximate surface area is 96.8 Å². The van der Waals surface area contributed by atoms with Crippen molar-refractivity contribution >= 4 is 0 Å². The molecule has 1 rings (SSSR count). The molecule has 90 valence electrons. The zero-order valence-corrected chi connectivity index (χ0v) is 10.2. The summed E-state index contributed by atoms with van der Waals surface area (Å²) in [5.41, 5.74) is 1.11. The topological polar surface area (TPSA) is 21.3 Å². The first kappa shape index (κ1) is 13.1. The second-order valence-corrected chi connectivity index (χ2v) is 4.27. The lowest BCUT2D eigenvalue weighted by molar-refractivity contribution is 0.177. The maximum atomic E-state index is 12.8. The molecular weight excluding hydrogens is 205 g/mol. The van der Waals surface area contributed by atoms with E-state index in [4.69, 9.17) is 4.74 Å². The Morgan fingerprint density at radius 3 is 2.38 bits per heavy atom. The molecule has 0 saturated carbocycles. The van der Waals surface area contributed by atoms with Gasteiger partial charge in [-0.3, -0.25) is 0 Å². The molecule has 1 aromatic rings. The standard InChI is InChI=1S/C13H20FNO/c1-10(2)15-8-12(9-16-3)11-4-6-13(14)7-5-11/h4-7,10,12,15H,8-9H2,1-3H3. The number of ether oxygens (including phenoxy) is 1. The third-order valence-electron chi connectivity index (χ3n) is 2.48. The summed E-state index contributed by atoms with van der Waals surface area (Å²) in [6, 6.07) is 7.07. The average molecular weight is 225 g/mol. The highest BCUT2D eigenvalue weighted by Gasteiger charge is 2.11. The largest absolute Gasteiger partial charge is 0.384 e. The molecule has 2 nitrogen and oxygen atoms in total. The molecule has 1 atom stereocenters. The zero-order valence-electron chi connectivity index (χ0n) is 10.2. The minimum Gasteiger partial charge on any atom is -0.384 e. The molecule has 16 heavy (non-hydrogen) atoms. The van der Waals surface area contributed by atoms with Gasteiger partial charge >= 0.3 is 0 Å². The predicted octanol–water partition coefficient (Wildman–Crippen LogP) is 2.55. The van der Waals surface area contributed by atoms with Gasteiger partial charge in [0.2, 0.25) is 0 Å². The van der Waals surface area contributed by atoms with E-state index in [2.05, 4.69) is 19.2 Å². The van der Waals surface area contributed by atoms with Gasteiger partial charge in [0.25, 0.3) is 0 Å². The number of methoxy groups -OCH3 is 1. The van der Waals surface area contributed by atoms with E-state index in [1.54, 1.807) is 7.11 Å². The van der Waals surface area contributed by atoms with Crippen LogP contribution in [-0.2, 0) is 4.74 Å². The van der Waals surface area contributed by atoms with Crippen LogP contribution in [0.4, 0.5) is 4.39 Å². The van der Waals surface area contributed by atoms with E-state index in [0.717, 1.165) is 12.1 Å². The predicted molar refractivity (Wildman–Crippen MR) is 64.2 cm³/mol. The summed E-state index contributed by atoms with van der Waals surface area (Å²) >= 11 is 0. The minimum atomic E-state index is -0.197. The van der Waals surface area contributed by atoms with E-state index in [9.17, 15) is 4.39 Å². The lowest BCUT2D eigenvalue weighted by Crippen LogP contribution is -2.29. The summed E-state index contributed by atoms with van der Waals surface area (Å²) in [7, 11) is 1.69. The van der Waals surface area contributed by atoms with Crippen molar-refractivity contribution in [2.75, 3.05) is 20.3 Å². The van der Waals surface area contributed by atoms with Crippen molar-refractivity contribution in [3.63, 3.8) is 0 Å². The quantitative estimate of drug-likeness (QED) is 0.803. The van der Waals surface area contributed by atoms with Crippen LogP contribution < -0.4 is 5.32 Å². The van der Waals surface area contributed by atoms with Crippen LogP contribution in [0.5, 0.6) is 0 Å². The Kier molecular flexibility index (Phi) is 5.43. The maximum absolute atomic E-state index is 12.8. The van der Waals surface area contributed by atoms with Crippen LogP contribution in [0.15, 0.2) is 24.3 Å². The van der Waals surface area contributed by atoms with Gasteiger partial charge in [0.15, 0.2) is 0 Å². The Morgan fingerprint density at radius 2 is 1.88 bits per heavy atom. The van der Waals surface area contributed by atoms with Gasteiger partial charge in [-0.25, -0.2) is 4.39 Å². The molecule has 0 aliphatic rings. The molecule has 0 aliphatic heterocycles. The smallest absolute Gasteiger partial charge is 0.123 e. The Bertz CT molecular complexity index is 297. The minimum absolute atomic E-state index is 0.197. The molecule has 0 saturated heterocycles. The third kappa shape index (κ3) is 4.29. The molecule has 0 amide bonds. The van der Waals surface area contributed by atoms with Crippen LogP contribution >= 0.6 is 0 Å². The van der Waals surface area contributed by atoms with Crippen molar-refractivity contribution in [1.82, 2.24) is 5.32 Å². The third-order valence-corrected chi connectivity index (χ3v) is 2.48. The summed E-state index contributed by atoms with van der Waals surface area (Å²) in [6.45, 7) is 5.70. The summed E-state index contributed by atoms with van der Waals surface area (Å²) in [6.07, 6.45) is 0. The molecule has 0 bridgehead atoms. The maximum Gasteiger partial charge on any atom is 0.123 e. The van der Waals surface area contributed by atoms with Crippen molar-refractivity contribution in [1.29, 1.82) is 0 Å². The van der Waals surface area contributed by atoms with Crippen LogP contribution in [0.1, 0.15) is 25.3 Å². The summed E-state index contributed by atoms with van der Waals surface area (Å²) in [5, 5.41) is 3.37. The molecule has 1 aromatic carbocycles. The first-order valence-electron chi connectivity index (χ1n) is 5.61. The second kappa shape index (κ2) is 6.61. The van der Waals surface area contributed by atoms with Crippen molar-refractivity contribution in [2.45, 2.75) is 25.8 Å². The van der Waals surface area contributed by atoms with Crippen molar-refractivity contribution < 1.29 is 9.13 Å². The van der Waals surface area contributed by atoms with Gasteiger partial charge in [0.1, 0.15) is 5.82 Å². The first-order chi connectivity index (χ1) is 7.63. The molecule has 0 aromatic heterocycles. The molecule has 0 aliphatic carbocycles. The summed E-state index contributed by atoms with van der Waals surface area (Å²) < 4.78 is 18.0. The molecule has 3 heteroatoms. The van der Waals surface area contributed by atoms with Crippen molar-refractivity contribution in [3.05, 3.63) is 35.6 Å². The highest BCUT2D eigenvalue weighted by atomic mass is 19.1. The number of halogens is 1. The molecule has 0 radical (unpaired) electrons. The van der Waals surface area contributed by atoms with Crippen molar-refractivity contribution in [2.24, 2.45) is 0 Å². The molecule has 0 fully saturated rings. The van der Waals surface area contributed by atoms with Gasteiger partial charge in [-0.15, -0.1) is 0 Å². The van der Waals surface area contributed by atoms with Gasteiger partial charge < -0.3 is 10.1 Å². The summed E-state index contributed by atoms with van der Waals surface area (Å²) in [5.74, 6) is 0.0738. The van der Waals surface area contributed by atoms with E-state index in [1.165, 1.54) is 12.1 Å². The fraction of sp³-hybridized carbons (Fsp3) is 0.538. The SMILES string of the molecule is COCC(CNC(C)C)c1ccc(F)cc1. The molecule has 1 unspecified atom stereocenters. The molecular formula is C13H20FNO. The molecule has 0 spiro atoms. The van der Waals surface area contributed by atoms with Gasteiger partial charge in [0.05, 0.1) is 6.61 Å². The van der Waals surface area contributed by atoms with E-state index < -0.39 is 0 Å². The van der Waals surface area contributed by atoms with Crippen LogP contribution in [0.2, 0.25) is 0 Å². The molecule has 1 N–H and O–H groups in total. The van der Waals surface area contributed by atoms with Crippen LogP contribution in [0, 0.1) is 5.82 Å². The average Bonchev–Trinajstić information content (AvgIpc) is 2.25. The fourth-order valence-electron chi connectivity index (χ4n) is 1.59. The normalized spacial score (nSPS) is 13.1. The zero-order chi connectivity index (χ0) is 12.0. The highest BCUT2D eigenvalue weighted by Crippen LogP contribution is 2.16.